The number of likely N-dealkylation sites (N-methyl/N-ethyl adjacent to an activating group) is 1. The van der Waals surface area contributed by atoms with Crippen molar-refractivity contribution >= 4 is 11.6 Å². The van der Waals surface area contributed by atoms with E-state index in [1.54, 1.807) is 10.9 Å². The number of nitrogens with zero attached hydrogens (tertiary/aromatic N) is 3. The first-order chi connectivity index (χ1) is 10.1. The molecule has 5 heteroatoms. The lowest BCUT2D eigenvalue weighted by atomic mass is 10.1. The molecule has 0 aliphatic carbocycles. The molecule has 0 saturated carbocycles. The molecule has 112 valence electrons. The van der Waals surface area contributed by atoms with Crippen LogP contribution in [0, 0.1) is 0 Å². The molecule has 0 spiro atoms. The summed E-state index contributed by atoms with van der Waals surface area (Å²) in [5.74, 6) is 0.0793. The normalized spacial score (nSPS) is 12.1. The number of aromatic nitrogens is 2. The number of para-hydroxylation sites is 1. The van der Waals surface area contributed by atoms with Gasteiger partial charge >= 0.3 is 0 Å². The topological polar surface area (TPSA) is 64.2 Å². The van der Waals surface area contributed by atoms with Crippen molar-refractivity contribution in [2.45, 2.75) is 26.8 Å². The molecule has 1 heterocycles. The lowest BCUT2D eigenvalue weighted by molar-refractivity contribution is -0.134. The minimum atomic E-state index is -0.316. The maximum absolute atomic E-state index is 12.4. The summed E-state index contributed by atoms with van der Waals surface area (Å²) >= 11 is 0. The van der Waals surface area contributed by atoms with Gasteiger partial charge in [0.25, 0.3) is 0 Å². The van der Waals surface area contributed by atoms with Gasteiger partial charge in [-0.15, -0.1) is 0 Å². The minimum Gasteiger partial charge on any atom is -0.398 e. The molecule has 0 aliphatic heterocycles. The molecule has 1 unspecified atom stereocenters. The predicted octanol–water partition coefficient (Wildman–Crippen LogP) is 2.56. The van der Waals surface area contributed by atoms with Gasteiger partial charge in [0, 0.05) is 36.1 Å². The molecule has 1 amide bonds. The smallest absolute Gasteiger partial charge is 0.247 e. The summed E-state index contributed by atoms with van der Waals surface area (Å²) in [4.78, 5) is 14.2. The number of hydrogen-bond acceptors (Lipinski definition) is 3. The van der Waals surface area contributed by atoms with Crippen molar-refractivity contribution in [3.63, 3.8) is 0 Å². The predicted molar refractivity (Wildman–Crippen MR) is 84.7 cm³/mol. The van der Waals surface area contributed by atoms with E-state index in [2.05, 4.69) is 5.10 Å². The lowest BCUT2D eigenvalue weighted by Gasteiger charge is -2.22. The van der Waals surface area contributed by atoms with Crippen LogP contribution < -0.4 is 5.73 Å². The van der Waals surface area contributed by atoms with Crippen LogP contribution >= 0.6 is 0 Å². The van der Waals surface area contributed by atoms with Crippen LogP contribution in [0.2, 0.25) is 0 Å². The van der Waals surface area contributed by atoms with E-state index >= 15 is 0 Å². The molecule has 1 aromatic heterocycles. The number of carbonyl (C=O) groups excluding carboxylic acids is 1. The summed E-state index contributed by atoms with van der Waals surface area (Å²) in [6.45, 7) is 7.24. The van der Waals surface area contributed by atoms with Crippen molar-refractivity contribution in [2.75, 3.05) is 18.8 Å². The van der Waals surface area contributed by atoms with E-state index in [9.17, 15) is 4.79 Å². The fourth-order valence-electron chi connectivity index (χ4n) is 2.36. The van der Waals surface area contributed by atoms with Gasteiger partial charge in [-0.3, -0.25) is 9.48 Å². The molecular weight excluding hydrogens is 264 g/mol. The zero-order valence-electron chi connectivity index (χ0n) is 12.8. The number of anilines is 1. The molecule has 0 fully saturated rings. The fourth-order valence-corrected chi connectivity index (χ4v) is 2.36. The fraction of sp³-hybridized carbons (Fsp3) is 0.375. The summed E-state index contributed by atoms with van der Waals surface area (Å²) in [6, 6.07) is 7.33. The molecule has 1 atom stereocenters. The van der Waals surface area contributed by atoms with E-state index in [1.807, 2.05) is 56.1 Å². The average molecular weight is 286 g/mol. The van der Waals surface area contributed by atoms with Crippen molar-refractivity contribution in [3.05, 3.63) is 36.7 Å². The number of hydrogen-bond donors (Lipinski definition) is 1. The van der Waals surface area contributed by atoms with E-state index in [1.165, 1.54) is 0 Å². The summed E-state index contributed by atoms with van der Waals surface area (Å²) in [5, 5.41) is 4.32. The van der Waals surface area contributed by atoms with E-state index in [-0.39, 0.29) is 11.9 Å². The highest BCUT2D eigenvalue weighted by Gasteiger charge is 2.20. The van der Waals surface area contributed by atoms with Crippen molar-refractivity contribution in [1.82, 2.24) is 14.7 Å². The second-order valence-electron chi connectivity index (χ2n) is 4.98. The maximum atomic E-state index is 12.4. The van der Waals surface area contributed by atoms with Gasteiger partial charge in [0.15, 0.2) is 0 Å². The first-order valence-corrected chi connectivity index (χ1v) is 7.26. The second-order valence-corrected chi connectivity index (χ2v) is 4.98. The van der Waals surface area contributed by atoms with E-state index in [4.69, 9.17) is 5.73 Å². The van der Waals surface area contributed by atoms with Crippen molar-refractivity contribution in [3.8, 4) is 11.1 Å². The summed E-state index contributed by atoms with van der Waals surface area (Å²) < 4.78 is 1.70. The van der Waals surface area contributed by atoms with Gasteiger partial charge in [-0.2, -0.15) is 5.10 Å². The molecule has 5 nitrogen and oxygen atoms in total. The van der Waals surface area contributed by atoms with Gasteiger partial charge in [0.1, 0.15) is 6.04 Å². The van der Waals surface area contributed by atoms with Gasteiger partial charge in [0.2, 0.25) is 5.91 Å². The van der Waals surface area contributed by atoms with E-state index in [0.717, 1.165) is 11.1 Å². The van der Waals surface area contributed by atoms with Crippen LogP contribution in [0.5, 0.6) is 0 Å². The third-order valence-electron chi connectivity index (χ3n) is 3.70. The third kappa shape index (κ3) is 3.07. The van der Waals surface area contributed by atoms with E-state index < -0.39 is 0 Å². The molecule has 1 aromatic carbocycles. The maximum Gasteiger partial charge on any atom is 0.247 e. The number of rotatable bonds is 5. The Balaban J connectivity index is 2.24. The van der Waals surface area contributed by atoms with Crippen LogP contribution in [-0.2, 0) is 4.79 Å². The number of nitrogen functional groups attached to an aromatic ring is 1. The number of nitrogens with two attached hydrogens (primary N) is 1. The summed E-state index contributed by atoms with van der Waals surface area (Å²) in [5.41, 5.74) is 8.54. The standard InChI is InChI=1S/C16H22N4O/c1-4-19(5-2)16(21)12(3)20-11-13(10-18-20)14-8-6-7-9-15(14)17/h6-12H,4-5,17H2,1-3H3. The van der Waals surface area contributed by atoms with Crippen LogP contribution in [-0.4, -0.2) is 33.7 Å². The molecule has 21 heavy (non-hydrogen) atoms. The van der Waals surface area contributed by atoms with Crippen molar-refractivity contribution < 1.29 is 4.79 Å². The van der Waals surface area contributed by atoms with Crippen LogP contribution in [0.3, 0.4) is 0 Å². The zero-order valence-corrected chi connectivity index (χ0v) is 12.8. The molecule has 0 aliphatic rings. The monoisotopic (exact) mass is 286 g/mol. The Bertz CT molecular complexity index is 616. The van der Waals surface area contributed by atoms with Crippen LogP contribution in [0.25, 0.3) is 11.1 Å². The molecule has 2 aromatic rings. The Hall–Kier alpha value is -2.30. The minimum absolute atomic E-state index is 0.0793. The quantitative estimate of drug-likeness (QED) is 0.859. The van der Waals surface area contributed by atoms with Crippen molar-refractivity contribution in [2.24, 2.45) is 0 Å². The Kier molecular flexibility index (Phi) is 4.62. The first kappa shape index (κ1) is 15.1. The Labute approximate surface area is 125 Å². The van der Waals surface area contributed by atoms with Gasteiger partial charge in [0.05, 0.1) is 6.20 Å². The lowest BCUT2D eigenvalue weighted by Crippen LogP contribution is -2.36. The highest BCUT2D eigenvalue weighted by atomic mass is 16.2. The molecule has 2 rings (SSSR count). The Morgan fingerprint density at radius 2 is 2.00 bits per heavy atom. The van der Waals surface area contributed by atoms with Gasteiger partial charge in [-0.05, 0) is 26.8 Å². The second kappa shape index (κ2) is 6.43. The van der Waals surface area contributed by atoms with Gasteiger partial charge in [-0.1, -0.05) is 18.2 Å². The number of amides is 1. The zero-order chi connectivity index (χ0) is 15.4. The van der Waals surface area contributed by atoms with Crippen molar-refractivity contribution in [1.29, 1.82) is 0 Å². The summed E-state index contributed by atoms with van der Waals surface area (Å²) in [6.07, 6.45) is 3.62. The SMILES string of the molecule is CCN(CC)C(=O)C(C)n1cc(-c2ccccc2N)cn1. The highest BCUT2D eigenvalue weighted by Crippen LogP contribution is 2.25. The number of carbonyl (C=O) groups is 1. The highest BCUT2D eigenvalue weighted by molar-refractivity contribution is 5.80. The van der Waals surface area contributed by atoms with Gasteiger partial charge < -0.3 is 10.6 Å². The third-order valence-corrected chi connectivity index (χ3v) is 3.70. The van der Waals surface area contributed by atoms with Crippen LogP contribution in [0.15, 0.2) is 36.7 Å². The Morgan fingerprint density at radius 3 is 2.62 bits per heavy atom. The average Bonchev–Trinajstić information content (AvgIpc) is 2.97. The van der Waals surface area contributed by atoms with Gasteiger partial charge in [-0.25, -0.2) is 0 Å². The van der Waals surface area contributed by atoms with Crippen LogP contribution in [0.4, 0.5) is 5.69 Å². The van der Waals surface area contributed by atoms with Crippen LogP contribution in [0.1, 0.15) is 26.8 Å². The molecular formula is C16H22N4O. The number of benzene rings is 1. The summed E-state index contributed by atoms with van der Waals surface area (Å²) in [7, 11) is 0. The first-order valence-electron chi connectivity index (χ1n) is 7.26. The molecule has 0 radical (unpaired) electrons. The molecule has 2 N–H and O–H groups in total. The molecule has 0 bridgehead atoms. The van der Waals surface area contributed by atoms with E-state index in [0.29, 0.717) is 18.8 Å². The Morgan fingerprint density at radius 1 is 1.33 bits per heavy atom. The largest absolute Gasteiger partial charge is 0.398 e. The molecule has 0 saturated heterocycles.